The van der Waals surface area contributed by atoms with Crippen molar-refractivity contribution in [2.24, 2.45) is 0 Å². The van der Waals surface area contributed by atoms with Crippen LogP contribution in [-0.2, 0) is 11.0 Å². The van der Waals surface area contributed by atoms with Crippen LogP contribution in [0.4, 0.5) is 18.9 Å². The number of rotatable bonds is 4. The van der Waals surface area contributed by atoms with Crippen molar-refractivity contribution in [3.8, 4) is 21.8 Å². The molecule has 0 aliphatic heterocycles. The molecular weight excluding hydrogens is 449 g/mol. The largest absolute Gasteiger partial charge is 0.490 e. The maximum atomic E-state index is 12.4. The number of thiazole rings is 1. The molecule has 1 unspecified atom stereocenters. The van der Waals surface area contributed by atoms with Crippen LogP contribution in [0, 0.1) is 0 Å². The van der Waals surface area contributed by atoms with Crippen LogP contribution in [0.3, 0.4) is 0 Å². The number of aromatic nitrogens is 1. The highest BCUT2D eigenvalue weighted by molar-refractivity contribution is 7.87. The summed E-state index contributed by atoms with van der Waals surface area (Å²) in [6.45, 7) is 0. The summed E-state index contributed by atoms with van der Waals surface area (Å²) in [5.74, 6) is 0. The molecule has 3 nitrogen and oxygen atoms in total. The van der Waals surface area contributed by atoms with Crippen molar-refractivity contribution in [3.05, 3.63) is 58.2 Å². The molecule has 0 aliphatic carbocycles. The number of nitrogens with one attached hydrogen (secondary N) is 1. The molecule has 4 aromatic rings. The fourth-order valence-corrected chi connectivity index (χ4v) is 5.22. The molecule has 2 heterocycles. The Labute approximate surface area is 173 Å². The molecule has 28 heavy (non-hydrogen) atoms. The molecule has 10 heteroatoms. The first-order valence-corrected chi connectivity index (χ1v) is 11.1. The Kier molecular flexibility index (Phi) is 5.17. The van der Waals surface area contributed by atoms with E-state index in [4.69, 9.17) is 11.6 Å². The Balaban J connectivity index is 1.63. The molecule has 0 amide bonds. The maximum absolute atomic E-state index is 12.4. The number of halogens is 4. The SMILES string of the molecule is O=S(Nc1ccc(-c2csc(-c3csc4ccccc34)n2)c(Cl)c1)C(F)(F)F. The lowest BCUT2D eigenvalue weighted by Crippen LogP contribution is -2.22. The summed E-state index contributed by atoms with van der Waals surface area (Å²) in [4.78, 5) is 4.64. The van der Waals surface area contributed by atoms with Crippen LogP contribution in [0.5, 0.6) is 0 Å². The van der Waals surface area contributed by atoms with E-state index in [0.717, 1.165) is 16.0 Å². The Morgan fingerprint density at radius 3 is 2.57 bits per heavy atom. The van der Waals surface area contributed by atoms with E-state index in [1.807, 2.05) is 39.7 Å². The summed E-state index contributed by atoms with van der Waals surface area (Å²) < 4.78 is 51.5. The van der Waals surface area contributed by atoms with Crippen LogP contribution < -0.4 is 4.72 Å². The van der Waals surface area contributed by atoms with Gasteiger partial charge in [0.15, 0.2) is 0 Å². The molecule has 0 saturated carbocycles. The van der Waals surface area contributed by atoms with E-state index < -0.39 is 16.5 Å². The van der Waals surface area contributed by atoms with E-state index in [0.29, 0.717) is 11.3 Å². The van der Waals surface area contributed by atoms with Crippen molar-refractivity contribution in [3.63, 3.8) is 0 Å². The zero-order valence-electron chi connectivity index (χ0n) is 13.8. The summed E-state index contributed by atoms with van der Waals surface area (Å²) >= 11 is 9.34. The van der Waals surface area contributed by atoms with E-state index in [-0.39, 0.29) is 10.7 Å². The predicted octanol–water partition coefficient (Wildman–Crippen LogP) is 6.94. The standard InChI is InChI=1S/C18H10ClF3N2OS3/c19-14-7-10(24-28(25)18(20,21)22)5-6-12(14)15-9-27-17(23-15)13-8-26-16-4-2-1-3-11(13)16/h1-9,24H. The number of thiophene rings is 1. The first kappa shape index (κ1) is 19.4. The van der Waals surface area contributed by atoms with E-state index in [1.54, 1.807) is 17.4 Å². The lowest BCUT2D eigenvalue weighted by atomic mass is 10.1. The fourth-order valence-electron chi connectivity index (χ4n) is 2.62. The summed E-state index contributed by atoms with van der Waals surface area (Å²) in [6.07, 6.45) is 0. The number of anilines is 1. The zero-order valence-corrected chi connectivity index (χ0v) is 17.0. The highest BCUT2D eigenvalue weighted by Crippen LogP contribution is 2.38. The lowest BCUT2D eigenvalue weighted by Gasteiger charge is -2.10. The quantitative estimate of drug-likeness (QED) is 0.360. The highest BCUT2D eigenvalue weighted by Gasteiger charge is 2.37. The molecule has 0 radical (unpaired) electrons. The average Bonchev–Trinajstić information content (AvgIpc) is 3.27. The smallest absolute Gasteiger partial charge is 0.298 e. The van der Waals surface area contributed by atoms with Gasteiger partial charge >= 0.3 is 5.51 Å². The zero-order chi connectivity index (χ0) is 19.9. The Hall–Kier alpha value is -1.94. The van der Waals surface area contributed by atoms with E-state index in [2.05, 4.69) is 4.98 Å². The van der Waals surface area contributed by atoms with Gasteiger partial charge in [0, 0.05) is 37.7 Å². The second-order valence-corrected chi connectivity index (χ2v) is 9.08. The second kappa shape index (κ2) is 7.47. The molecule has 0 spiro atoms. The Bertz CT molecular complexity index is 1190. The minimum Gasteiger partial charge on any atom is -0.298 e. The molecule has 0 aliphatic rings. The van der Waals surface area contributed by atoms with E-state index in [9.17, 15) is 17.4 Å². The number of benzene rings is 2. The van der Waals surface area contributed by atoms with Crippen LogP contribution in [0.15, 0.2) is 53.2 Å². The van der Waals surface area contributed by atoms with Gasteiger partial charge in [-0.1, -0.05) is 29.8 Å². The fraction of sp³-hybridized carbons (Fsp3) is 0.0556. The van der Waals surface area contributed by atoms with Gasteiger partial charge in [0.25, 0.3) is 0 Å². The molecule has 2 aromatic carbocycles. The molecule has 2 aromatic heterocycles. The Morgan fingerprint density at radius 2 is 1.82 bits per heavy atom. The molecule has 1 N–H and O–H groups in total. The lowest BCUT2D eigenvalue weighted by molar-refractivity contribution is -0.0379. The molecule has 0 fully saturated rings. The maximum Gasteiger partial charge on any atom is 0.490 e. The van der Waals surface area contributed by atoms with Crippen LogP contribution in [0.2, 0.25) is 5.02 Å². The summed E-state index contributed by atoms with van der Waals surface area (Å²) in [7, 11) is -3.20. The first-order chi connectivity index (χ1) is 13.3. The van der Waals surface area contributed by atoms with Gasteiger partial charge in [-0.15, -0.1) is 22.7 Å². The van der Waals surface area contributed by atoms with Crippen LogP contribution >= 0.6 is 34.3 Å². The predicted molar refractivity (Wildman–Crippen MR) is 111 cm³/mol. The third-order valence-electron chi connectivity index (χ3n) is 3.88. The molecule has 4 rings (SSSR count). The molecule has 1 atom stereocenters. The topological polar surface area (TPSA) is 42.0 Å². The monoisotopic (exact) mass is 458 g/mol. The van der Waals surface area contributed by atoms with Crippen LogP contribution in [-0.4, -0.2) is 14.7 Å². The highest BCUT2D eigenvalue weighted by atomic mass is 35.5. The van der Waals surface area contributed by atoms with Crippen molar-refractivity contribution >= 4 is 61.0 Å². The summed E-state index contributed by atoms with van der Waals surface area (Å²) in [5, 5.41) is 6.08. The number of hydrogen-bond donors (Lipinski definition) is 1. The summed E-state index contributed by atoms with van der Waals surface area (Å²) in [6, 6.07) is 12.3. The van der Waals surface area contributed by atoms with Crippen molar-refractivity contribution in [2.75, 3.05) is 4.72 Å². The van der Waals surface area contributed by atoms with Gasteiger partial charge in [0.1, 0.15) is 5.01 Å². The van der Waals surface area contributed by atoms with Crippen molar-refractivity contribution in [1.82, 2.24) is 4.98 Å². The van der Waals surface area contributed by atoms with Gasteiger partial charge < -0.3 is 0 Å². The third kappa shape index (κ3) is 3.80. The molecule has 144 valence electrons. The molecule has 0 saturated heterocycles. The summed E-state index contributed by atoms with van der Waals surface area (Å²) in [5.41, 5.74) is -2.58. The minimum atomic E-state index is -4.85. The average molecular weight is 459 g/mol. The number of hydrogen-bond acceptors (Lipinski definition) is 4. The van der Waals surface area contributed by atoms with E-state index >= 15 is 0 Å². The minimum absolute atomic E-state index is 0.0173. The molecular formula is C18H10ClF3N2OS3. The van der Waals surface area contributed by atoms with Crippen LogP contribution in [0.25, 0.3) is 31.9 Å². The number of fused-ring (bicyclic) bond motifs is 1. The van der Waals surface area contributed by atoms with Gasteiger partial charge in [-0.05, 0) is 24.3 Å². The second-order valence-electron chi connectivity index (χ2n) is 5.69. The number of alkyl halides is 3. The first-order valence-electron chi connectivity index (χ1n) is 7.80. The van der Waals surface area contributed by atoms with E-state index in [1.165, 1.54) is 28.2 Å². The number of nitrogens with zero attached hydrogens (tertiary/aromatic N) is 1. The molecule has 0 bridgehead atoms. The normalized spacial score (nSPS) is 13.0. The van der Waals surface area contributed by atoms with Crippen LogP contribution in [0.1, 0.15) is 0 Å². The van der Waals surface area contributed by atoms with Crippen molar-refractivity contribution in [2.45, 2.75) is 5.51 Å². The van der Waals surface area contributed by atoms with Gasteiger partial charge in [-0.2, -0.15) is 13.2 Å². The Morgan fingerprint density at radius 1 is 1.04 bits per heavy atom. The van der Waals surface area contributed by atoms with Gasteiger partial charge in [-0.25, -0.2) is 9.19 Å². The van der Waals surface area contributed by atoms with Crippen molar-refractivity contribution < 1.29 is 17.4 Å². The van der Waals surface area contributed by atoms with Gasteiger partial charge in [0.2, 0.25) is 11.0 Å². The van der Waals surface area contributed by atoms with Crippen molar-refractivity contribution in [1.29, 1.82) is 0 Å². The van der Waals surface area contributed by atoms with Gasteiger partial charge in [0.05, 0.1) is 10.7 Å². The third-order valence-corrected chi connectivity index (χ3v) is 6.87. The van der Waals surface area contributed by atoms with Gasteiger partial charge in [-0.3, -0.25) is 4.72 Å².